The average Bonchev–Trinajstić information content (AvgIpc) is 3.20. The van der Waals surface area contributed by atoms with Crippen LogP contribution in [0.1, 0.15) is 24.1 Å². The molecule has 0 unspecified atom stereocenters. The van der Waals surface area contributed by atoms with E-state index in [1.807, 2.05) is 18.2 Å². The highest BCUT2D eigenvalue weighted by molar-refractivity contribution is 5.80. The Morgan fingerprint density at radius 1 is 1.40 bits per heavy atom. The van der Waals surface area contributed by atoms with Gasteiger partial charge in [0.15, 0.2) is 5.65 Å². The highest BCUT2D eigenvalue weighted by Gasteiger charge is 2.26. The van der Waals surface area contributed by atoms with Crippen LogP contribution >= 0.6 is 0 Å². The smallest absolute Gasteiger partial charge is 0.282 e. The van der Waals surface area contributed by atoms with E-state index in [9.17, 15) is 10.1 Å². The van der Waals surface area contributed by atoms with Crippen LogP contribution in [-0.4, -0.2) is 14.6 Å². The van der Waals surface area contributed by atoms with Crippen molar-refractivity contribution in [3.8, 4) is 6.07 Å². The van der Waals surface area contributed by atoms with Gasteiger partial charge in [-0.25, -0.2) is 0 Å². The third-order valence-electron chi connectivity index (χ3n) is 3.85. The molecule has 0 aliphatic heterocycles. The largest absolute Gasteiger partial charge is 0.338 e. The number of para-hydroxylation sites is 1. The second-order valence-corrected chi connectivity index (χ2v) is 5.32. The molecule has 5 nitrogen and oxygen atoms in total. The summed E-state index contributed by atoms with van der Waals surface area (Å²) in [5, 5.41) is 14.3. The van der Waals surface area contributed by atoms with Crippen molar-refractivity contribution >= 4 is 16.6 Å². The molecule has 1 N–H and O–H groups in total. The van der Waals surface area contributed by atoms with E-state index in [0.717, 1.165) is 17.6 Å². The van der Waals surface area contributed by atoms with Gasteiger partial charge in [-0.3, -0.25) is 4.79 Å². The molecule has 0 atom stereocenters. The molecular formula is C15H12N4O. The minimum absolute atomic E-state index is 0.173. The van der Waals surface area contributed by atoms with Gasteiger partial charge in [-0.05, 0) is 37.3 Å². The summed E-state index contributed by atoms with van der Waals surface area (Å²) < 4.78 is 1.33. The maximum absolute atomic E-state index is 12.4. The Morgan fingerprint density at radius 2 is 2.20 bits per heavy atom. The van der Waals surface area contributed by atoms with Crippen molar-refractivity contribution in [3.05, 3.63) is 45.9 Å². The summed E-state index contributed by atoms with van der Waals surface area (Å²) in [6, 6.07) is 9.48. The maximum Gasteiger partial charge on any atom is 0.282 e. The Labute approximate surface area is 114 Å². The Balaban J connectivity index is 2.08. The number of benzene rings is 1. The predicted octanol–water partition coefficient (Wildman–Crippen LogP) is 2.00. The van der Waals surface area contributed by atoms with Crippen LogP contribution in [0.15, 0.2) is 29.1 Å². The molecule has 0 spiro atoms. The zero-order valence-electron chi connectivity index (χ0n) is 10.8. The number of nitrogens with one attached hydrogen (secondary N) is 1. The number of rotatable bonds is 2. The van der Waals surface area contributed by atoms with Crippen LogP contribution in [0.4, 0.5) is 0 Å². The van der Waals surface area contributed by atoms with Crippen LogP contribution in [0.2, 0.25) is 0 Å². The first-order chi connectivity index (χ1) is 9.78. The summed E-state index contributed by atoms with van der Waals surface area (Å²) in [5.41, 5.74) is 2.30. The number of nitrogens with zero attached hydrogens (tertiary/aromatic N) is 3. The highest BCUT2D eigenvalue weighted by Crippen LogP contribution is 2.33. The third kappa shape index (κ3) is 1.55. The van der Waals surface area contributed by atoms with E-state index < -0.39 is 0 Å². The third-order valence-corrected chi connectivity index (χ3v) is 3.85. The van der Waals surface area contributed by atoms with Crippen molar-refractivity contribution in [2.45, 2.75) is 19.3 Å². The standard InChI is InChI=1S/C15H12N4O/c16-8-11-13(7-9-5-6-9)18-19-14(11)17-12-4-2-1-3-10(12)15(19)20/h1-4,9,17H,5-7H2. The number of fused-ring (bicyclic) bond motifs is 2. The Bertz CT molecular complexity index is 925. The lowest BCUT2D eigenvalue weighted by molar-refractivity contribution is 0.773. The zero-order valence-corrected chi connectivity index (χ0v) is 10.8. The van der Waals surface area contributed by atoms with Gasteiger partial charge in [0.1, 0.15) is 11.6 Å². The van der Waals surface area contributed by atoms with Crippen molar-refractivity contribution in [2.75, 3.05) is 0 Å². The van der Waals surface area contributed by atoms with Crippen molar-refractivity contribution in [1.29, 1.82) is 5.26 Å². The molecule has 98 valence electrons. The number of hydrogen-bond acceptors (Lipinski definition) is 3. The van der Waals surface area contributed by atoms with Crippen LogP contribution in [0, 0.1) is 17.2 Å². The molecule has 4 rings (SSSR count). The van der Waals surface area contributed by atoms with E-state index in [1.54, 1.807) is 6.07 Å². The van der Waals surface area contributed by atoms with Crippen LogP contribution in [0.3, 0.4) is 0 Å². The normalized spacial score (nSPS) is 14.8. The van der Waals surface area contributed by atoms with Gasteiger partial charge in [-0.2, -0.15) is 14.9 Å². The number of aromatic amines is 1. The molecule has 1 aliphatic carbocycles. The van der Waals surface area contributed by atoms with E-state index >= 15 is 0 Å². The second-order valence-electron chi connectivity index (χ2n) is 5.32. The summed E-state index contributed by atoms with van der Waals surface area (Å²) in [4.78, 5) is 15.6. The molecule has 1 fully saturated rings. The summed E-state index contributed by atoms with van der Waals surface area (Å²) in [5.74, 6) is 0.622. The highest BCUT2D eigenvalue weighted by atomic mass is 16.1. The first-order valence-electron chi connectivity index (χ1n) is 6.70. The molecule has 20 heavy (non-hydrogen) atoms. The molecule has 1 aromatic carbocycles. The fraction of sp³-hybridized carbons (Fsp3) is 0.267. The molecule has 5 heteroatoms. The molecule has 1 saturated carbocycles. The molecule has 0 radical (unpaired) electrons. The molecule has 0 amide bonds. The fourth-order valence-corrected chi connectivity index (χ4v) is 2.60. The van der Waals surface area contributed by atoms with Gasteiger partial charge < -0.3 is 4.98 Å². The minimum Gasteiger partial charge on any atom is -0.338 e. The maximum atomic E-state index is 12.4. The minimum atomic E-state index is -0.173. The van der Waals surface area contributed by atoms with Crippen molar-refractivity contribution in [1.82, 2.24) is 14.6 Å². The number of H-pyrrole nitrogens is 1. The fourth-order valence-electron chi connectivity index (χ4n) is 2.60. The number of nitriles is 1. The number of aromatic nitrogens is 3. The van der Waals surface area contributed by atoms with E-state index in [0.29, 0.717) is 22.5 Å². The van der Waals surface area contributed by atoms with Gasteiger partial charge in [0, 0.05) is 0 Å². The van der Waals surface area contributed by atoms with Gasteiger partial charge in [0.05, 0.1) is 16.6 Å². The Kier molecular flexibility index (Phi) is 2.21. The summed E-state index contributed by atoms with van der Waals surface area (Å²) in [6.45, 7) is 0. The molecule has 2 aromatic heterocycles. The van der Waals surface area contributed by atoms with Gasteiger partial charge in [0.2, 0.25) is 0 Å². The van der Waals surface area contributed by atoms with Crippen LogP contribution in [-0.2, 0) is 6.42 Å². The first-order valence-corrected chi connectivity index (χ1v) is 6.70. The Hall–Kier alpha value is -2.61. The quantitative estimate of drug-likeness (QED) is 0.769. The van der Waals surface area contributed by atoms with E-state index in [1.165, 1.54) is 17.4 Å². The molecule has 3 aromatic rings. The predicted molar refractivity (Wildman–Crippen MR) is 74.5 cm³/mol. The van der Waals surface area contributed by atoms with Crippen molar-refractivity contribution < 1.29 is 0 Å². The molecule has 1 aliphatic rings. The second kappa shape index (κ2) is 3.94. The van der Waals surface area contributed by atoms with Gasteiger partial charge >= 0.3 is 0 Å². The molecule has 0 saturated heterocycles. The average molecular weight is 264 g/mol. The van der Waals surface area contributed by atoms with Gasteiger partial charge in [0.25, 0.3) is 5.56 Å². The lowest BCUT2D eigenvalue weighted by Crippen LogP contribution is -2.15. The summed E-state index contributed by atoms with van der Waals surface area (Å²) in [7, 11) is 0. The van der Waals surface area contributed by atoms with E-state index in [-0.39, 0.29) is 5.56 Å². The summed E-state index contributed by atoms with van der Waals surface area (Å²) >= 11 is 0. The van der Waals surface area contributed by atoms with Crippen LogP contribution < -0.4 is 5.56 Å². The molecule has 2 heterocycles. The van der Waals surface area contributed by atoms with Crippen molar-refractivity contribution in [3.63, 3.8) is 0 Å². The lowest BCUT2D eigenvalue weighted by Gasteiger charge is -1.98. The number of hydrogen-bond donors (Lipinski definition) is 1. The zero-order chi connectivity index (χ0) is 13.7. The van der Waals surface area contributed by atoms with Crippen LogP contribution in [0.25, 0.3) is 16.6 Å². The SMILES string of the molecule is N#Cc1c(CC2CC2)nn2c(=O)c3ccccc3[nH]c12. The topological polar surface area (TPSA) is 74.0 Å². The van der Waals surface area contributed by atoms with Gasteiger partial charge in [-0.15, -0.1) is 0 Å². The first kappa shape index (κ1) is 11.2. The lowest BCUT2D eigenvalue weighted by atomic mass is 10.1. The van der Waals surface area contributed by atoms with E-state index in [4.69, 9.17) is 0 Å². The van der Waals surface area contributed by atoms with E-state index in [2.05, 4.69) is 16.2 Å². The monoisotopic (exact) mass is 264 g/mol. The Morgan fingerprint density at radius 3 is 2.95 bits per heavy atom. The van der Waals surface area contributed by atoms with Crippen LogP contribution in [0.5, 0.6) is 0 Å². The molecule has 0 bridgehead atoms. The molecular weight excluding hydrogens is 252 g/mol. The van der Waals surface area contributed by atoms with Crippen molar-refractivity contribution in [2.24, 2.45) is 5.92 Å². The summed E-state index contributed by atoms with van der Waals surface area (Å²) in [6.07, 6.45) is 3.16. The van der Waals surface area contributed by atoms with Gasteiger partial charge in [-0.1, -0.05) is 12.1 Å².